The molecule has 0 amide bonds. The quantitative estimate of drug-likeness (QED) is 0.352. The average molecular weight is 355 g/mol. The number of rotatable bonds is 10. The van der Waals surface area contributed by atoms with Crippen molar-refractivity contribution in [3.63, 3.8) is 0 Å². The number of guanidine groups is 1. The number of hydrogen-bond donors (Lipinski definition) is 2. The van der Waals surface area contributed by atoms with E-state index in [9.17, 15) is 0 Å². The fraction of sp³-hybridized carbons (Fsp3) is 0.947. The predicted octanol–water partition coefficient (Wildman–Crippen LogP) is 1.30. The second kappa shape index (κ2) is 12.5. The average Bonchev–Trinajstić information content (AvgIpc) is 2.57. The van der Waals surface area contributed by atoms with Gasteiger partial charge >= 0.3 is 0 Å². The van der Waals surface area contributed by atoms with E-state index in [0.29, 0.717) is 12.1 Å². The molecule has 0 spiro atoms. The maximum atomic E-state index is 4.33. The molecular formula is C19H42N6. The van der Waals surface area contributed by atoms with E-state index in [2.05, 4.69) is 65.1 Å². The minimum Gasteiger partial charge on any atom is -0.356 e. The van der Waals surface area contributed by atoms with Crippen LogP contribution in [0.25, 0.3) is 0 Å². The summed E-state index contributed by atoms with van der Waals surface area (Å²) in [4.78, 5) is 11.8. The van der Waals surface area contributed by atoms with Crippen molar-refractivity contribution in [2.75, 3.05) is 66.5 Å². The summed E-state index contributed by atoms with van der Waals surface area (Å²) in [5.41, 5.74) is 0. The van der Waals surface area contributed by atoms with Gasteiger partial charge in [-0.15, -0.1) is 0 Å². The van der Waals surface area contributed by atoms with Gasteiger partial charge in [-0.05, 0) is 54.1 Å². The first kappa shape index (κ1) is 22.2. The van der Waals surface area contributed by atoms with Gasteiger partial charge in [-0.2, -0.15) is 0 Å². The smallest absolute Gasteiger partial charge is 0.191 e. The van der Waals surface area contributed by atoms with E-state index in [1.165, 1.54) is 45.6 Å². The van der Waals surface area contributed by atoms with E-state index in [0.717, 1.165) is 25.6 Å². The van der Waals surface area contributed by atoms with E-state index < -0.39 is 0 Å². The van der Waals surface area contributed by atoms with Crippen LogP contribution in [-0.4, -0.2) is 99.2 Å². The van der Waals surface area contributed by atoms with Crippen molar-refractivity contribution >= 4 is 5.96 Å². The molecule has 0 aromatic carbocycles. The standard InChI is InChI=1S/C19H42N6/c1-17(2)25(18(3)4)12-10-22-19(20-5)21-9-7-8-11-24-15-13-23(6)14-16-24/h17-18H,7-16H2,1-6H3,(H2,20,21,22). The Hall–Kier alpha value is -0.850. The van der Waals surface area contributed by atoms with Gasteiger partial charge in [0.25, 0.3) is 0 Å². The Morgan fingerprint density at radius 3 is 2.12 bits per heavy atom. The lowest BCUT2D eigenvalue weighted by Gasteiger charge is -2.32. The summed E-state index contributed by atoms with van der Waals surface area (Å²) in [6, 6.07) is 1.15. The van der Waals surface area contributed by atoms with Gasteiger partial charge in [0.1, 0.15) is 0 Å². The number of hydrogen-bond acceptors (Lipinski definition) is 4. The van der Waals surface area contributed by atoms with Crippen LogP contribution in [0.15, 0.2) is 4.99 Å². The highest BCUT2D eigenvalue weighted by Gasteiger charge is 2.13. The van der Waals surface area contributed by atoms with E-state index >= 15 is 0 Å². The maximum absolute atomic E-state index is 4.33. The first-order chi connectivity index (χ1) is 11.9. The molecular weight excluding hydrogens is 312 g/mol. The lowest BCUT2D eigenvalue weighted by Crippen LogP contribution is -2.45. The van der Waals surface area contributed by atoms with Crippen molar-refractivity contribution in [3.8, 4) is 0 Å². The Bertz CT molecular complexity index is 353. The number of unbranched alkanes of at least 4 members (excludes halogenated alkanes) is 1. The lowest BCUT2D eigenvalue weighted by atomic mass is 10.2. The minimum absolute atomic E-state index is 0.575. The zero-order valence-corrected chi connectivity index (χ0v) is 17.5. The molecule has 1 saturated heterocycles. The third-order valence-electron chi connectivity index (χ3n) is 5.00. The van der Waals surface area contributed by atoms with E-state index in [4.69, 9.17) is 0 Å². The first-order valence-electron chi connectivity index (χ1n) is 10.0. The predicted molar refractivity (Wildman–Crippen MR) is 110 cm³/mol. The number of nitrogens with zero attached hydrogens (tertiary/aromatic N) is 4. The lowest BCUT2D eigenvalue weighted by molar-refractivity contribution is 0.152. The molecule has 0 aliphatic carbocycles. The Balaban J connectivity index is 2.10. The number of likely N-dealkylation sites (N-methyl/N-ethyl adjacent to an activating group) is 1. The molecule has 1 fully saturated rings. The molecule has 6 heteroatoms. The topological polar surface area (TPSA) is 46.1 Å². The molecule has 1 rings (SSSR count). The van der Waals surface area contributed by atoms with Gasteiger partial charge in [-0.1, -0.05) is 0 Å². The van der Waals surface area contributed by atoms with Crippen molar-refractivity contribution in [2.24, 2.45) is 4.99 Å². The van der Waals surface area contributed by atoms with Gasteiger partial charge in [-0.3, -0.25) is 9.89 Å². The van der Waals surface area contributed by atoms with Crippen molar-refractivity contribution in [2.45, 2.75) is 52.6 Å². The van der Waals surface area contributed by atoms with Gasteiger partial charge in [0.05, 0.1) is 0 Å². The third-order valence-corrected chi connectivity index (χ3v) is 5.00. The molecule has 0 unspecified atom stereocenters. The van der Waals surface area contributed by atoms with Crippen LogP contribution >= 0.6 is 0 Å². The summed E-state index contributed by atoms with van der Waals surface area (Å²) in [5, 5.41) is 6.88. The van der Waals surface area contributed by atoms with Gasteiger partial charge in [0.15, 0.2) is 5.96 Å². The van der Waals surface area contributed by atoms with E-state index in [1.807, 2.05) is 7.05 Å². The Morgan fingerprint density at radius 2 is 1.56 bits per heavy atom. The summed E-state index contributed by atoms with van der Waals surface area (Å²) < 4.78 is 0. The Morgan fingerprint density at radius 1 is 0.960 bits per heavy atom. The summed E-state index contributed by atoms with van der Waals surface area (Å²) in [7, 11) is 4.06. The van der Waals surface area contributed by atoms with Gasteiger partial charge in [-0.25, -0.2) is 0 Å². The maximum Gasteiger partial charge on any atom is 0.191 e. The molecule has 25 heavy (non-hydrogen) atoms. The molecule has 0 saturated carbocycles. The van der Waals surface area contributed by atoms with Crippen LogP contribution in [0.2, 0.25) is 0 Å². The zero-order valence-electron chi connectivity index (χ0n) is 17.5. The zero-order chi connectivity index (χ0) is 18.7. The molecule has 1 aliphatic rings. The molecule has 0 aromatic rings. The van der Waals surface area contributed by atoms with Crippen LogP contribution in [0.3, 0.4) is 0 Å². The molecule has 0 bridgehead atoms. The van der Waals surface area contributed by atoms with Gasteiger partial charge in [0, 0.05) is 64.9 Å². The second-order valence-electron chi connectivity index (χ2n) is 7.70. The fourth-order valence-corrected chi connectivity index (χ4v) is 3.38. The summed E-state index contributed by atoms with van der Waals surface area (Å²) in [6.45, 7) is 18.1. The highest BCUT2D eigenvalue weighted by atomic mass is 15.2. The van der Waals surface area contributed by atoms with Crippen LogP contribution in [0, 0.1) is 0 Å². The molecule has 148 valence electrons. The monoisotopic (exact) mass is 354 g/mol. The third kappa shape index (κ3) is 9.42. The molecule has 0 radical (unpaired) electrons. The number of aliphatic imine (C=N–C) groups is 1. The molecule has 1 aliphatic heterocycles. The van der Waals surface area contributed by atoms with Crippen LogP contribution in [-0.2, 0) is 0 Å². The molecule has 1 heterocycles. The second-order valence-corrected chi connectivity index (χ2v) is 7.70. The molecule has 0 aromatic heterocycles. The van der Waals surface area contributed by atoms with Gasteiger partial charge in [0.2, 0.25) is 0 Å². The Kier molecular flexibility index (Phi) is 11.1. The summed E-state index contributed by atoms with van der Waals surface area (Å²) in [5.74, 6) is 0.923. The Labute approximate surface area is 156 Å². The largest absolute Gasteiger partial charge is 0.356 e. The van der Waals surface area contributed by atoms with Crippen LogP contribution in [0.1, 0.15) is 40.5 Å². The molecule has 0 atom stereocenters. The van der Waals surface area contributed by atoms with E-state index in [1.54, 1.807) is 0 Å². The van der Waals surface area contributed by atoms with Crippen LogP contribution in [0.5, 0.6) is 0 Å². The van der Waals surface area contributed by atoms with Crippen molar-refractivity contribution in [1.82, 2.24) is 25.3 Å². The van der Waals surface area contributed by atoms with Crippen LogP contribution < -0.4 is 10.6 Å². The summed E-state index contributed by atoms with van der Waals surface area (Å²) in [6.07, 6.45) is 2.44. The van der Waals surface area contributed by atoms with Crippen molar-refractivity contribution in [1.29, 1.82) is 0 Å². The van der Waals surface area contributed by atoms with Crippen molar-refractivity contribution < 1.29 is 0 Å². The minimum atomic E-state index is 0.575. The highest BCUT2D eigenvalue weighted by Crippen LogP contribution is 2.03. The van der Waals surface area contributed by atoms with E-state index in [-0.39, 0.29) is 0 Å². The summed E-state index contributed by atoms with van der Waals surface area (Å²) >= 11 is 0. The molecule has 2 N–H and O–H groups in total. The normalized spacial score (nSPS) is 17.7. The molecule has 6 nitrogen and oxygen atoms in total. The van der Waals surface area contributed by atoms with Gasteiger partial charge < -0.3 is 20.4 Å². The van der Waals surface area contributed by atoms with Crippen LogP contribution in [0.4, 0.5) is 0 Å². The van der Waals surface area contributed by atoms with Crippen molar-refractivity contribution in [3.05, 3.63) is 0 Å². The highest BCUT2D eigenvalue weighted by molar-refractivity contribution is 5.79. The first-order valence-corrected chi connectivity index (χ1v) is 10.0. The SMILES string of the molecule is CN=C(NCCCCN1CCN(C)CC1)NCCN(C(C)C)C(C)C. The number of nitrogens with one attached hydrogen (secondary N) is 2. The fourth-order valence-electron chi connectivity index (χ4n) is 3.38. The number of piperazine rings is 1.